The summed E-state index contributed by atoms with van der Waals surface area (Å²) >= 11 is 0. The van der Waals surface area contributed by atoms with E-state index in [4.69, 9.17) is 99.0 Å². The van der Waals surface area contributed by atoms with Crippen LogP contribution in [0.5, 0.6) is 0 Å². The van der Waals surface area contributed by atoms with Crippen molar-refractivity contribution >= 4 is 59.7 Å². The molecular weight excluding hydrogens is 910 g/mol. The van der Waals surface area contributed by atoms with E-state index in [0.29, 0.717) is 0 Å². The van der Waals surface area contributed by atoms with Crippen LogP contribution in [0.15, 0.2) is 0 Å². The van der Waals surface area contributed by atoms with Crippen LogP contribution < -0.4 is 51.1 Å². The molecule has 0 aromatic rings. The summed E-state index contributed by atoms with van der Waals surface area (Å²) in [6, 6.07) is 0. The first-order valence-corrected chi connectivity index (χ1v) is 5.33. The Kier molecular flexibility index (Phi) is 41.3. The van der Waals surface area contributed by atoms with Gasteiger partial charge in [0.15, 0.2) is 0 Å². The van der Waals surface area contributed by atoms with E-state index in [0.717, 1.165) is 0 Å². The summed E-state index contributed by atoms with van der Waals surface area (Å²) in [5.74, 6) is -21.9. The van der Waals surface area contributed by atoms with Crippen LogP contribution in [0.2, 0.25) is 0 Å². The van der Waals surface area contributed by atoms with Crippen LogP contribution in [0.25, 0.3) is 0 Å². The Bertz CT molecular complexity index is 510. The minimum Gasteiger partial charge on any atom is -0.543 e. The first-order chi connectivity index (χ1) is 13.2. The molecule has 0 heterocycles. The van der Waals surface area contributed by atoms with E-state index < -0.39 is 59.7 Å². The van der Waals surface area contributed by atoms with Crippen molar-refractivity contribution in [1.82, 2.24) is 0 Å². The van der Waals surface area contributed by atoms with Crippen molar-refractivity contribution in [2.45, 2.75) is 0 Å². The van der Waals surface area contributed by atoms with Crippen molar-refractivity contribution in [1.29, 1.82) is 0 Å². The number of aliphatic carboxylic acids is 10. The molecule has 0 spiro atoms. The van der Waals surface area contributed by atoms with Crippen LogP contribution in [0.4, 0.5) is 0 Å². The average Bonchev–Trinajstić information content (AvgIpc) is 2.56. The second-order valence-corrected chi connectivity index (χ2v) is 2.87. The zero-order valence-corrected chi connectivity index (χ0v) is 22.4. The van der Waals surface area contributed by atoms with Crippen LogP contribution in [0, 0.1) is 71.1 Å². The predicted molar refractivity (Wildman–Crippen MR) is 50.1 cm³/mol. The third kappa shape index (κ3) is 63.1. The second-order valence-electron chi connectivity index (χ2n) is 2.87. The van der Waals surface area contributed by atoms with Crippen molar-refractivity contribution in [2.24, 2.45) is 0 Å². The van der Waals surface area contributed by atoms with Crippen LogP contribution in [0.1, 0.15) is 0 Å². The molecule has 0 fully saturated rings. The molecule has 0 aliphatic heterocycles. The van der Waals surface area contributed by atoms with Gasteiger partial charge >= 0.3 is 71.1 Å². The van der Waals surface area contributed by atoms with Crippen molar-refractivity contribution < 1.29 is 170 Å². The molecule has 0 saturated carbocycles. The first-order valence-electron chi connectivity index (χ1n) is 5.33. The fourth-order valence-corrected chi connectivity index (χ4v) is 0. The molecule has 0 N–H and O–H groups in total. The van der Waals surface area contributed by atoms with E-state index >= 15 is 0 Å². The molecule has 0 radical (unpaired) electrons. The quantitative estimate of drug-likeness (QED) is 0.204. The van der Waals surface area contributed by atoms with Crippen molar-refractivity contribution in [3.63, 3.8) is 0 Å². The van der Waals surface area contributed by atoms with Crippen molar-refractivity contribution in [2.75, 3.05) is 0 Å². The molecule has 0 aromatic heterocycles. The Morgan fingerprint density at radius 3 is 0.281 bits per heavy atom. The van der Waals surface area contributed by atoms with Gasteiger partial charge in [0.05, 0.1) is 59.7 Å². The number of hydrogen-bond acceptors (Lipinski definition) is 20. The van der Waals surface area contributed by atoms with E-state index in [2.05, 4.69) is 0 Å². The summed E-state index contributed by atoms with van der Waals surface area (Å²) in [7, 11) is 0. The fraction of sp³-hybridized carbons (Fsp3) is 0. The zero-order chi connectivity index (χ0) is 25.8. The van der Waals surface area contributed by atoms with Crippen LogP contribution in [0.3, 0.4) is 0 Å². The zero-order valence-electron chi connectivity index (χ0n) is 14.2. The van der Waals surface area contributed by atoms with Crippen LogP contribution in [-0.2, 0) is 47.9 Å². The van der Waals surface area contributed by atoms with Gasteiger partial charge in [-0.2, -0.15) is 0 Å². The van der Waals surface area contributed by atoms with E-state index in [1.54, 1.807) is 0 Å². The van der Waals surface area contributed by atoms with Crippen molar-refractivity contribution in [3.05, 3.63) is 0 Å². The topological polar surface area (TPSA) is 401 Å². The minimum absolute atomic E-state index is 0. The van der Waals surface area contributed by atoms with Gasteiger partial charge in [0.25, 0.3) is 0 Å². The summed E-state index contributed by atoms with van der Waals surface area (Å²) in [5, 5.41) is 89.3. The SMILES string of the molecule is O=C([O-])C(=O)[O-].O=C([O-])C(=O)[O-].O=C([O-])C(=O)[O-].O=C([O-])C(=O)[O-].O=C([O-])C(=O)[O-].[Th+4].[U+6]. The smallest absolute Gasteiger partial charge is 0.543 e. The Morgan fingerprint density at radius 2 is 0.281 bits per heavy atom. The van der Waals surface area contributed by atoms with Gasteiger partial charge in [-0.1, -0.05) is 0 Å². The number of carboxylic acids is 10. The molecule has 0 bridgehead atoms. The number of rotatable bonds is 0. The first kappa shape index (κ1) is 47.0. The van der Waals surface area contributed by atoms with Gasteiger partial charge in [0.2, 0.25) is 0 Å². The third-order valence-corrected chi connectivity index (χ3v) is 0.833. The molecule has 0 rings (SSSR count). The van der Waals surface area contributed by atoms with Gasteiger partial charge < -0.3 is 99.0 Å². The number of carbonyl (C=O) groups excluding carboxylic acids is 10. The molecule has 32 heavy (non-hydrogen) atoms. The van der Waals surface area contributed by atoms with E-state index in [1.165, 1.54) is 0 Å². The maximum absolute atomic E-state index is 8.93. The fourth-order valence-electron chi connectivity index (χ4n) is 0. The van der Waals surface area contributed by atoms with Gasteiger partial charge in [-0.25, -0.2) is 0 Å². The molecule has 168 valence electrons. The predicted octanol–water partition coefficient (Wildman–Crippen LogP) is -17.6. The molecule has 0 unspecified atom stereocenters. The molecule has 20 nitrogen and oxygen atoms in total. The molecule has 0 amide bonds. The third-order valence-electron chi connectivity index (χ3n) is 0.833. The van der Waals surface area contributed by atoms with E-state index in [-0.39, 0.29) is 71.1 Å². The van der Waals surface area contributed by atoms with Gasteiger partial charge in [-0.3, -0.25) is 0 Å². The summed E-state index contributed by atoms with van der Waals surface area (Å²) in [4.78, 5) is 89.3. The maximum atomic E-state index is 8.93. The number of hydrogen-bond donors (Lipinski definition) is 0. The average molecular weight is 910 g/mol. The second kappa shape index (κ2) is 28.1. The monoisotopic (exact) mass is 910 g/mol. The summed E-state index contributed by atoms with van der Waals surface area (Å²) in [5.41, 5.74) is 0. The normalized spacial score (nSPS) is 6.88. The summed E-state index contributed by atoms with van der Waals surface area (Å²) < 4.78 is 0. The van der Waals surface area contributed by atoms with E-state index in [9.17, 15) is 0 Å². The van der Waals surface area contributed by atoms with Crippen molar-refractivity contribution in [3.8, 4) is 0 Å². The number of carbonyl (C=O) groups is 10. The molecule has 22 heteroatoms. The minimum atomic E-state index is -2.19. The Balaban J connectivity index is -0.0000000481. The Hall–Kier alpha value is -2.92. The van der Waals surface area contributed by atoms with Crippen LogP contribution >= 0.6 is 0 Å². The molecule has 0 aliphatic carbocycles. The molecule has 0 aromatic carbocycles. The molecular formula is C10O20ThU. The number of carboxylic acid groups (broad SMARTS) is 10. The summed E-state index contributed by atoms with van der Waals surface area (Å²) in [6.45, 7) is 0. The summed E-state index contributed by atoms with van der Waals surface area (Å²) in [6.07, 6.45) is 0. The van der Waals surface area contributed by atoms with Gasteiger partial charge in [-0.15, -0.1) is 0 Å². The Labute approximate surface area is 228 Å². The molecule has 0 saturated heterocycles. The van der Waals surface area contributed by atoms with Crippen LogP contribution in [-0.4, -0.2) is 59.7 Å². The largest absolute Gasteiger partial charge is 6.00 e. The van der Waals surface area contributed by atoms with Gasteiger partial charge in [-0.05, 0) is 0 Å². The maximum Gasteiger partial charge on any atom is 6.00 e. The van der Waals surface area contributed by atoms with Gasteiger partial charge in [0, 0.05) is 0 Å². The Morgan fingerprint density at radius 1 is 0.250 bits per heavy atom. The molecule has 0 atom stereocenters. The van der Waals surface area contributed by atoms with Gasteiger partial charge in [0.1, 0.15) is 0 Å². The molecule has 0 aliphatic rings. The standard InChI is InChI=1S/5C2H2O4.Th.U/c5*3-1(4)2(5)6;;/h5*(H,3,4)(H,5,6);;/q;;;;;+4;+6/p-10. The van der Waals surface area contributed by atoms with E-state index in [1.807, 2.05) is 0 Å².